The van der Waals surface area contributed by atoms with Crippen LogP contribution in [0.3, 0.4) is 0 Å². The van der Waals surface area contributed by atoms with E-state index in [1.165, 1.54) is 0 Å². The Morgan fingerprint density at radius 1 is 1.54 bits per heavy atom. The van der Waals surface area contributed by atoms with Crippen molar-refractivity contribution in [3.8, 4) is 0 Å². The predicted molar refractivity (Wildman–Crippen MR) is 50.3 cm³/mol. The Morgan fingerprint density at radius 3 is 2.69 bits per heavy atom. The predicted octanol–water partition coefficient (Wildman–Crippen LogP) is 1.00. The largest absolute Gasteiger partial charge is 0.390 e. The van der Waals surface area contributed by atoms with Gasteiger partial charge >= 0.3 is 0 Å². The van der Waals surface area contributed by atoms with E-state index in [0.29, 0.717) is 6.42 Å². The van der Waals surface area contributed by atoms with Gasteiger partial charge in [-0.05, 0) is 26.7 Å². The molecule has 0 spiro atoms. The Morgan fingerprint density at radius 2 is 2.23 bits per heavy atom. The standard InChI is InChI=1S/C9H17N3O/c1-4-8-7-12(11-10-8)6-5-9(2,3)13/h7,13H,4-6H2,1-3H3. The summed E-state index contributed by atoms with van der Waals surface area (Å²) >= 11 is 0. The third kappa shape index (κ3) is 3.55. The van der Waals surface area contributed by atoms with Crippen LogP contribution in [0.4, 0.5) is 0 Å². The van der Waals surface area contributed by atoms with Gasteiger partial charge in [0, 0.05) is 12.7 Å². The molecule has 0 saturated carbocycles. The second-order valence-electron chi connectivity index (χ2n) is 3.89. The van der Waals surface area contributed by atoms with E-state index in [0.717, 1.165) is 18.7 Å². The molecule has 0 atom stereocenters. The molecule has 0 aliphatic rings. The number of aromatic nitrogens is 3. The monoisotopic (exact) mass is 183 g/mol. The minimum absolute atomic E-state index is 0.627. The van der Waals surface area contributed by atoms with E-state index < -0.39 is 5.60 Å². The number of rotatable bonds is 4. The van der Waals surface area contributed by atoms with Crippen molar-refractivity contribution in [1.29, 1.82) is 0 Å². The molecule has 4 heteroatoms. The van der Waals surface area contributed by atoms with Crippen molar-refractivity contribution in [2.24, 2.45) is 0 Å². The molecule has 0 unspecified atom stereocenters. The van der Waals surface area contributed by atoms with Crippen LogP contribution < -0.4 is 0 Å². The van der Waals surface area contributed by atoms with Crippen molar-refractivity contribution in [3.05, 3.63) is 11.9 Å². The number of aryl methyl sites for hydroxylation is 2. The van der Waals surface area contributed by atoms with Gasteiger partial charge in [-0.25, -0.2) is 0 Å². The van der Waals surface area contributed by atoms with Crippen molar-refractivity contribution in [3.63, 3.8) is 0 Å². The average molecular weight is 183 g/mol. The molecule has 1 aromatic rings. The lowest BCUT2D eigenvalue weighted by molar-refractivity contribution is 0.0649. The molecule has 0 aliphatic carbocycles. The first-order valence-corrected chi connectivity index (χ1v) is 4.62. The Hall–Kier alpha value is -0.900. The van der Waals surface area contributed by atoms with Gasteiger partial charge in [-0.3, -0.25) is 4.68 Å². The SMILES string of the molecule is CCc1cn(CCC(C)(C)O)nn1. The molecule has 0 fully saturated rings. The molecular weight excluding hydrogens is 166 g/mol. The topological polar surface area (TPSA) is 50.9 Å². The summed E-state index contributed by atoms with van der Waals surface area (Å²) in [5.41, 5.74) is 0.369. The zero-order valence-electron chi connectivity index (χ0n) is 8.49. The molecule has 0 bridgehead atoms. The van der Waals surface area contributed by atoms with Crippen molar-refractivity contribution in [2.45, 2.75) is 45.8 Å². The number of aliphatic hydroxyl groups is 1. The van der Waals surface area contributed by atoms with E-state index in [4.69, 9.17) is 0 Å². The van der Waals surface area contributed by atoms with Gasteiger partial charge in [0.2, 0.25) is 0 Å². The van der Waals surface area contributed by atoms with Gasteiger partial charge in [-0.2, -0.15) is 0 Å². The third-order valence-electron chi connectivity index (χ3n) is 1.90. The zero-order chi connectivity index (χ0) is 9.90. The summed E-state index contributed by atoms with van der Waals surface area (Å²) in [6.07, 6.45) is 3.52. The van der Waals surface area contributed by atoms with E-state index in [2.05, 4.69) is 10.3 Å². The molecular formula is C9H17N3O. The summed E-state index contributed by atoms with van der Waals surface area (Å²) in [7, 11) is 0. The molecule has 1 N–H and O–H groups in total. The molecule has 1 rings (SSSR count). The highest BCUT2D eigenvalue weighted by Crippen LogP contribution is 2.08. The number of hydrogen-bond donors (Lipinski definition) is 1. The normalized spacial score (nSPS) is 12.0. The van der Waals surface area contributed by atoms with Crippen molar-refractivity contribution < 1.29 is 5.11 Å². The zero-order valence-corrected chi connectivity index (χ0v) is 8.49. The second kappa shape index (κ2) is 3.87. The first-order valence-electron chi connectivity index (χ1n) is 4.62. The van der Waals surface area contributed by atoms with E-state index in [1.807, 2.05) is 13.1 Å². The van der Waals surface area contributed by atoms with E-state index in [1.54, 1.807) is 18.5 Å². The fourth-order valence-electron chi connectivity index (χ4n) is 0.998. The van der Waals surface area contributed by atoms with E-state index >= 15 is 0 Å². The lowest BCUT2D eigenvalue weighted by Gasteiger charge is -2.15. The molecule has 0 aliphatic heterocycles. The molecule has 1 heterocycles. The lowest BCUT2D eigenvalue weighted by atomic mass is 10.1. The van der Waals surface area contributed by atoms with Crippen molar-refractivity contribution >= 4 is 0 Å². The summed E-state index contributed by atoms with van der Waals surface area (Å²) in [5, 5.41) is 17.4. The molecule has 0 saturated heterocycles. The van der Waals surface area contributed by atoms with Gasteiger partial charge in [0.25, 0.3) is 0 Å². The fraction of sp³-hybridized carbons (Fsp3) is 0.778. The van der Waals surface area contributed by atoms with E-state index in [9.17, 15) is 5.11 Å². The van der Waals surface area contributed by atoms with Crippen LogP contribution in [0, 0.1) is 0 Å². The Kier molecular flexibility index (Phi) is 3.03. The van der Waals surface area contributed by atoms with Crippen LogP contribution >= 0.6 is 0 Å². The van der Waals surface area contributed by atoms with Crippen molar-refractivity contribution in [2.75, 3.05) is 0 Å². The first kappa shape index (κ1) is 10.2. The summed E-state index contributed by atoms with van der Waals surface area (Å²) in [4.78, 5) is 0. The smallest absolute Gasteiger partial charge is 0.0824 e. The third-order valence-corrected chi connectivity index (χ3v) is 1.90. The minimum Gasteiger partial charge on any atom is -0.390 e. The molecule has 1 aromatic heterocycles. The Balaban J connectivity index is 2.46. The summed E-state index contributed by atoms with van der Waals surface area (Å²) in [5.74, 6) is 0. The number of hydrogen-bond acceptors (Lipinski definition) is 3. The Labute approximate surface area is 78.6 Å². The first-order chi connectivity index (χ1) is 6.01. The number of nitrogens with zero attached hydrogens (tertiary/aromatic N) is 3. The van der Waals surface area contributed by atoms with Gasteiger partial charge in [-0.15, -0.1) is 5.10 Å². The lowest BCUT2D eigenvalue weighted by Crippen LogP contribution is -2.21. The average Bonchev–Trinajstić information content (AvgIpc) is 2.47. The van der Waals surface area contributed by atoms with Crippen molar-refractivity contribution in [1.82, 2.24) is 15.0 Å². The highest BCUT2D eigenvalue weighted by atomic mass is 16.3. The highest BCUT2D eigenvalue weighted by Gasteiger charge is 2.12. The molecule has 0 radical (unpaired) electrons. The maximum atomic E-state index is 9.48. The Bertz CT molecular complexity index is 262. The summed E-state index contributed by atoms with van der Waals surface area (Å²) < 4.78 is 1.77. The van der Waals surface area contributed by atoms with Crippen LogP contribution in [0.5, 0.6) is 0 Å². The van der Waals surface area contributed by atoms with Crippen LogP contribution in [0.25, 0.3) is 0 Å². The van der Waals surface area contributed by atoms with Gasteiger partial charge in [-0.1, -0.05) is 12.1 Å². The molecule has 0 amide bonds. The van der Waals surface area contributed by atoms with Gasteiger partial charge in [0.1, 0.15) is 0 Å². The fourth-order valence-corrected chi connectivity index (χ4v) is 0.998. The maximum absolute atomic E-state index is 9.48. The van der Waals surface area contributed by atoms with Gasteiger partial charge in [0.05, 0.1) is 11.3 Å². The van der Waals surface area contributed by atoms with Crippen LogP contribution in [0.15, 0.2) is 6.20 Å². The van der Waals surface area contributed by atoms with Gasteiger partial charge in [0.15, 0.2) is 0 Å². The molecule has 0 aromatic carbocycles. The molecule has 13 heavy (non-hydrogen) atoms. The molecule has 4 nitrogen and oxygen atoms in total. The van der Waals surface area contributed by atoms with Gasteiger partial charge < -0.3 is 5.11 Å². The van der Waals surface area contributed by atoms with Crippen LogP contribution in [-0.2, 0) is 13.0 Å². The quantitative estimate of drug-likeness (QED) is 0.757. The molecule has 74 valence electrons. The minimum atomic E-state index is -0.627. The van der Waals surface area contributed by atoms with Crippen LogP contribution in [0.2, 0.25) is 0 Å². The van der Waals surface area contributed by atoms with Crippen LogP contribution in [-0.4, -0.2) is 25.7 Å². The maximum Gasteiger partial charge on any atom is 0.0824 e. The summed E-state index contributed by atoms with van der Waals surface area (Å²) in [6.45, 7) is 6.36. The summed E-state index contributed by atoms with van der Waals surface area (Å²) in [6, 6.07) is 0. The van der Waals surface area contributed by atoms with E-state index in [-0.39, 0.29) is 0 Å². The second-order valence-corrected chi connectivity index (χ2v) is 3.89. The van der Waals surface area contributed by atoms with Crippen LogP contribution in [0.1, 0.15) is 32.9 Å². The highest BCUT2D eigenvalue weighted by molar-refractivity contribution is 4.90.